The van der Waals surface area contributed by atoms with Gasteiger partial charge in [0, 0.05) is 0 Å². The second-order valence-electron chi connectivity index (χ2n) is 7.76. The third-order valence-electron chi connectivity index (χ3n) is 6.11. The van der Waals surface area contributed by atoms with Crippen LogP contribution in [0.1, 0.15) is 70.2 Å². The maximum atomic E-state index is 12.5. The first-order valence-corrected chi connectivity index (χ1v) is 8.54. The van der Waals surface area contributed by atoms with E-state index in [1.165, 1.54) is 19.3 Å². The molecule has 5 nitrogen and oxygen atoms in total. The lowest BCUT2D eigenvalue weighted by molar-refractivity contribution is -0.0466. The molecule has 21 heavy (non-hydrogen) atoms. The molecule has 0 radical (unpaired) electrons. The molecule has 0 aromatic carbocycles. The molecule has 4 aliphatic carbocycles. The topological polar surface area (TPSA) is 76.7 Å². The van der Waals surface area contributed by atoms with E-state index in [0.717, 1.165) is 55.7 Å². The second-order valence-corrected chi connectivity index (χ2v) is 7.76. The van der Waals surface area contributed by atoms with Gasteiger partial charge in [-0.15, -0.1) is 0 Å². The molecule has 3 N–H and O–H groups in total. The molecule has 5 heteroatoms. The Bertz CT molecular complexity index is 552. The van der Waals surface area contributed by atoms with Crippen molar-refractivity contribution in [2.45, 2.75) is 69.9 Å². The third kappa shape index (κ3) is 2.00. The number of rotatable bonds is 4. The normalized spacial score (nSPS) is 38.9. The first-order valence-electron chi connectivity index (χ1n) is 8.54. The van der Waals surface area contributed by atoms with E-state index in [-0.39, 0.29) is 17.3 Å². The molecule has 1 heterocycles. The van der Waals surface area contributed by atoms with Crippen LogP contribution in [0, 0.1) is 17.8 Å². The van der Waals surface area contributed by atoms with E-state index in [4.69, 9.17) is 5.73 Å². The predicted octanol–water partition coefficient (Wildman–Crippen LogP) is 2.30. The fourth-order valence-electron chi connectivity index (χ4n) is 5.80. The van der Waals surface area contributed by atoms with E-state index in [1.807, 2.05) is 4.57 Å². The molecule has 1 atom stereocenters. The molecule has 4 saturated carbocycles. The Morgan fingerprint density at radius 1 is 1.29 bits per heavy atom. The van der Waals surface area contributed by atoms with Crippen LogP contribution in [0.5, 0.6) is 0 Å². The van der Waals surface area contributed by atoms with Crippen molar-refractivity contribution in [3.05, 3.63) is 16.3 Å². The quantitative estimate of drug-likeness (QED) is 0.893. The largest absolute Gasteiger partial charge is 0.343 e. The molecule has 5 rings (SSSR count). The summed E-state index contributed by atoms with van der Waals surface area (Å²) in [6.07, 6.45) is 9.51. The zero-order chi connectivity index (χ0) is 14.6. The van der Waals surface area contributed by atoms with E-state index in [9.17, 15) is 4.79 Å². The summed E-state index contributed by atoms with van der Waals surface area (Å²) in [5.41, 5.74) is 6.27. The summed E-state index contributed by atoms with van der Waals surface area (Å²) in [6, 6.07) is -0.123. The zero-order valence-corrected chi connectivity index (χ0v) is 12.8. The van der Waals surface area contributed by atoms with Crippen molar-refractivity contribution in [1.82, 2.24) is 14.8 Å². The molecule has 1 unspecified atom stereocenters. The van der Waals surface area contributed by atoms with Crippen molar-refractivity contribution in [3.63, 3.8) is 0 Å². The van der Waals surface area contributed by atoms with Crippen LogP contribution in [0.2, 0.25) is 0 Å². The van der Waals surface area contributed by atoms with Crippen molar-refractivity contribution in [1.29, 1.82) is 0 Å². The van der Waals surface area contributed by atoms with Crippen LogP contribution >= 0.6 is 0 Å². The van der Waals surface area contributed by atoms with Gasteiger partial charge < -0.3 is 5.73 Å². The Morgan fingerprint density at radius 3 is 2.38 bits per heavy atom. The number of hydrogen-bond donors (Lipinski definition) is 2. The van der Waals surface area contributed by atoms with Gasteiger partial charge in [-0.3, -0.25) is 4.57 Å². The van der Waals surface area contributed by atoms with Crippen LogP contribution in [0.4, 0.5) is 0 Å². The Morgan fingerprint density at radius 2 is 1.86 bits per heavy atom. The Hall–Kier alpha value is -1.10. The fraction of sp³-hybridized carbons (Fsp3) is 0.875. The van der Waals surface area contributed by atoms with Gasteiger partial charge in [-0.2, -0.15) is 5.10 Å². The van der Waals surface area contributed by atoms with Gasteiger partial charge in [0.05, 0.1) is 11.6 Å². The summed E-state index contributed by atoms with van der Waals surface area (Å²) < 4.78 is 1.98. The average Bonchev–Trinajstić information content (AvgIpc) is 2.80. The molecule has 4 bridgehead atoms. The third-order valence-corrected chi connectivity index (χ3v) is 6.11. The van der Waals surface area contributed by atoms with Crippen LogP contribution in [-0.4, -0.2) is 14.8 Å². The first-order chi connectivity index (χ1) is 10.1. The lowest BCUT2D eigenvalue weighted by Gasteiger charge is -2.57. The number of H-pyrrole nitrogens is 1. The molecule has 0 spiro atoms. The average molecular weight is 290 g/mol. The standard InChI is InChI=1S/C16H26N4O/c1-2-3-13(17)14-18-19-15(21)20(14)16-7-10-4-11(8-16)6-12(5-10)9-16/h10-13H,2-9,17H2,1H3,(H,19,21). The minimum Gasteiger partial charge on any atom is -0.321 e. The molecule has 1 aromatic heterocycles. The van der Waals surface area contributed by atoms with Gasteiger partial charge in [0.1, 0.15) is 0 Å². The lowest BCUT2D eigenvalue weighted by atomic mass is 9.53. The molecule has 4 aliphatic rings. The van der Waals surface area contributed by atoms with Gasteiger partial charge >= 0.3 is 5.69 Å². The van der Waals surface area contributed by atoms with E-state index in [1.54, 1.807) is 0 Å². The van der Waals surface area contributed by atoms with Gasteiger partial charge in [-0.25, -0.2) is 9.89 Å². The Kier molecular flexibility index (Phi) is 3.03. The highest BCUT2D eigenvalue weighted by molar-refractivity contribution is 5.10. The maximum absolute atomic E-state index is 12.5. The van der Waals surface area contributed by atoms with Crippen LogP contribution in [0.3, 0.4) is 0 Å². The van der Waals surface area contributed by atoms with Crippen LogP contribution in [0.15, 0.2) is 4.79 Å². The molecule has 0 saturated heterocycles. The van der Waals surface area contributed by atoms with E-state index in [0.29, 0.717) is 0 Å². The molecule has 116 valence electrons. The summed E-state index contributed by atoms with van der Waals surface area (Å²) in [6.45, 7) is 2.12. The van der Waals surface area contributed by atoms with Crippen molar-refractivity contribution in [2.75, 3.05) is 0 Å². The summed E-state index contributed by atoms with van der Waals surface area (Å²) in [4.78, 5) is 12.5. The van der Waals surface area contributed by atoms with Gasteiger partial charge in [0.25, 0.3) is 0 Å². The van der Waals surface area contributed by atoms with E-state index in [2.05, 4.69) is 17.1 Å². The highest BCUT2D eigenvalue weighted by Crippen LogP contribution is 2.58. The maximum Gasteiger partial charge on any atom is 0.343 e. The molecule has 4 fully saturated rings. The monoisotopic (exact) mass is 290 g/mol. The first kappa shape index (κ1) is 13.6. The molecule has 1 aromatic rings. The second kappa shape index (κ2) is 4.70. The minimum absolute atomic E-state index is 0.0134. The number of aromatic amines is 1. The smallest absolute Gasteiger partial charge is 0.321 e. The molecular formula is C16H26N4O. The summed E-state index contributed by atoms with van der Waals surface area (Å²) in [5, 5.41) is 6.97. The van der Waals surface area contributed by atoms with Gasteiger partial charge in [-0.05, 0) is 62.7 Å². The number of nitrogens with two attached hydrogens (primary N) is 1. The van der Waals surface area contributed by atoms with Crippen LogP contribution in [0.25, 0.3) is 0 Å². The van der Waals surface area contributed by atoms with Gasteiger partial charge in [0.15, 0.2) is 5.82 Å². The van der Waals surface area contributed by atoms with E-state index >= 15 is 0 Å². The number of hydrogen-bond acceptors (Lipinski definition) is 3. The summed E-state index contributed by atoms with van der Waals surface area (Å²) in [7, 11) is 0. The SMILES string of the molecule is CCCC(N)c1n[nH]c(=O)n1C12CC3CC(CC(C3)C1)C2. The Labute approximate surface area is 125 Å². The zero-order valence-electron chi connectivity index (χ0n) is 12.8. The molecule has 0 amide bonds. The summed E-state index contributed by atoms with van der Waals surface area (Å²) in [5.74, 6) is 3.23. The number of aromatic nitrogens is 3. The van der Waals surface area contributed by atoms with Gasteiger partial charge in [-0.1, -0.05) is 13.3 Å². The Balaban J connectivity index is 1.76. The fourth-order valence-corrected chi connectivity index (χ4v) is 5.80. The number of nitrogens with zero attached hydrogens (tertiary/aromatic N) is 2. The van der Waals surface area contributed by atoms with Crippen LogP contribution in [-0.2, 0) is 5.54 Å². The number of nitrogens with one attached hydrogen (secondary N) is 1. The molecule has 0 aliphatic heterocycles. The van der Waals surface area contributed by atoms with Crippen molar-refractivity contribution in [3.8, 4) is 0 Å². The lowest BCUT2D eigenvalue weighted by Crippen LogP contribution is -2.55. The van der Waals surface area contributed by atoms with Crippen molar-refractivity contribution < 1.29 is 0 Å². The van der Waals surface area contributed by atoms with Crippen molar-refractivity contribution >= 4 is 0 Å². The van der Waals surface area contributed by atoms with Crippen molar-refractivity contribution in [2.24, 2.45) is 23.5 Å². The highest BCUT2D eigenvalue weighted by Gasteiger charge is 2.53. The molecular weight excluding hydrogens is 264 g/mol. The van der Waals surface area contributed by atoms with E-state index < -0.39 is 0 Å². The highest BCUT2D eigenvalue weighted by atomic mass is 16.1. The predicted molar refractivity (Wildman–Crippen MR) is 80.8 cm³/mol. The minimum atomic E-state index is -0.123. The summed E-state index contributed by atoms with van der Waals surface area (Å²) >= 11 is 0. The van der Waals surface area contributed by atoms with Gasteiger partial charge in [0.2, 0.25) is 0 Å². The van der Waals surface area contributed by atoms with Crippen LogP contribution < -0.4 is 11.4 Å².